The third kappa shape index (κ3) is 3.67. The van der Waals surface area contributed by atoms with Crippen LogP contribution in [0.2, 0.25) is 0 Å². The lowest BCUT2D eigenvalue weighted by molar-refractivity contribution is -0.274. The molecule has 1 aromatic rings. The van der Waals surface area contributed by atoms with Gasteiger partial charge >= 0.3 is 6.36 Å². The third-order valence-electron chi connectivity index (χ3n) is 1.65. The Balaban J connectivity index is 3.12. The molecule has 0 unspecified atom stereocenters. The van der Waals surface area contributed by atoms with Gasteiger partial charge < -0.3 is 4.74 Å². The van der Waals surface area contributed by atoms with E-state index in [0.29, 0.717) is 15.0 Å². The van der Waals surface area contributed by atoms with Gasteiger partial charge in [-0.25, -0.2) is 4.98 Å². The molecule has 0 amide bonds. The summed E-state index contributed by atoms with van der Waals surface area (Å²) in [6.07, 6.45) is -4.70. The maximum atomic E-state index is 12.0. The highest BCUT2D eigenvalue weighted by Gasteiger charge is 2.32. The predicted molar refractivity (Wildman–Crippen MR) is 57.9 cm³/mol. The molecule has 1 aromatic heterocycles. The molecular formula is C8H6ClF3INO. The van der Waals surface area contributed by atoms with Crippen molar-refractivity contribution >= 4 is 34.2 Å². The summed E-state index contributed by atoms with van der Waals surface area (Å²) in [5, 5.41) is 0. The fourth-order valence-electron chi connectivity index (χ4n) is 0.964. The number of halogens is 5. The number of rotatable bonds is 2. The first kappa shape index (κ1) is 12.8. The number of ether oxygens (including phenoxy) is 1. The molecule has 0 saturated carbocycles. The van der Waals surface area contributed by atoms with E-state index in [2.05, 4.69) is 9.72 Å². The Labute approximate surface area is 103 Å². The molecule has 0 aliphatic carbocycles. The highest BCUT2D eigenvalue weighted by Crippen LogP contribution is 2.29. The molecule has 1 rings (SSSR count). The zero-order valence-corrected chi connectivity index (χ0v) is 10.4. The van der Waals surface area contributed by atoms with E-state index in [9.17, 15) is 13.2 Å². The molecule has 1 heterocycles. The van der Waals surface area contributed by atoms with Crippen LogP contribution in [0, 0.1) is 10.6 Å². The van der Waals surface area contributed by atoms with Gasteiger partial charge in [0.05, 0.1) is 11.6 Å². The summed E-state index contributed by atoms with van der Waals surface area (Å²) in [6.45, 7) is 1.49. The summed E-state index contributed by atoms with van der Waals surface area (Å²) in [5.41, 5.74) is 0.700. The molecule has 0 atom stereocenters. The first-order valence-electron chi connectivity index (χ1n) is 3.81. The molecule has 0 N–H and O–H groups in total. The highest BCUT2D eigenvalue weighted by atomic mass is 127. The summed E-state index contributed by atoms with van der Waals surface area (Å²) in [7, 11) is 0. The van der Waals surface area contributed by atoms with Gasteiger partial charge in [-0.3, -0.25) is 0 Å². The third-order valence-corrected chi connectivity index (χ3v) is 2.45. The van der Waals surface area contributed by atoms with Crippen molar-refractivity contribution in [1.82, 2.24) is 4.98 Å². The molecule has 0 fully saturated rings. The van der Waals surface area contributed by atoms with Gasteiger partial charge in [0, 0.05) is 11.6 Å². The summed E-state index contributed by atoms with van der Waals surface area (Å²) < 4.78 is 40.3. The number of nitrogens with zero attached hydrogens (tertiary/aromatic N) is 1. The lowest BCUT2D eigenvalue weighted by atomic mass is 10.2. The summed E-state index contributed by atoms with van der Waals surface area (Å²) in [5.74, 6) is -0.200. The molecule has 0 bridgehead atoms. The minimum atomic E-state index is -4.70. The Morgan fingerprint density at radius 2 is 2.13 bits per heavy atom. The van der Waals surface area contributed by atoms with E-state index in [0.717, 1.165) is 0 Å². The summed E-state index contributed by atoms with van der Waals surface area (Å²) in [6, 6.07) is 1.22. The molecule has 84 valence electrons. The average molecular weight is 351 g/mol. The molecule has 0 aromatic carbocycles. The maximum Gasteiger partial charge on any atom is 0.573 e. The van der Waals surface area contributed by atoms with Crippen molar-refractivity contribution < 1.29 is 17.9 Å². The Morgan fingerprint density at radius 1 is 1.53 bits per heavy atom. The molecule has 0 spiro atoms. The van der Waals surface area contributed by atoms with Crippen LogP contribution in [0.25, 0.3) is 0 Å². The van der Waals surface area contributed by atoms with Crippen LogP contribution >= 0.6 is 34.2 Å². The Hall–Kier alpha value is -0.240. The number of alkyl halides is 4. The van der Waals surface area contributed by atoms with Crippen molar-refractivity contribution in [2.75, 3.05) is 0 Å². The van der Waals surface area contributed by atoms with E-state index in [1.807, 2.05) is 0 Å². The van der Waals surface area contributed by atoms with Crippen LogP contribution in [-0.4, -0.2) is 11.3 Å². The van der Waals surface area contributed by atoms with E-state index >= 15 is 0 Å². The molecule has 0 aliphatic heterocycles. The van der Waals surface area contributed by atoms with Crippen LogP contribution in [0.4, 0.5) is 13.2 Å². The summed E-state index contributed by atoms with van der Waals surface area (Å²) >= 11 is 7.35. The Morgan fingerprint density at radius 3 is 2.60 bits per heavy atom. The van der Waals surface area contributed by atoms with Crippen LogP contribution in [-0.2, 0) is 5.88 Å². The standard InChI is InChI=1S/C8H6ClF3INO/c1-4-5(3-9)14-7(13)2-6(4)15-8(10,11)12/h2H,3H2,1H3. The number of hydrogen-bond donors (Lipinski definition) is 0. The fourth-order valence-corrected chi connectivity index (χ4v) is 1.80. The van der Waals surface area contributed by atoms with Gasteiger partial charge in [-0.2, -0.15) is 0 Å². The van der Waals surface area contributed by atoms with Crippen molar-refractivity contribution in [3.63, 3.8) is 0 Å². The van der Waals surface area contributed by atoms with Gasteiger partial charge in [0.25, 0.3) is 0 Å². The normalized spacial score (nSPS) is 11.6. The second kappa shape index (κ2) is 4.73. The minimum absolute atomic E-state index is 0.0525. The van der Waals surface area contributed by atoms with Gasteiger partial charge in [0.2, 0.25) is 0 Å². The van der Waals surface area contributed by atoms with Crippen LogP contribution in [0.3, 0.4) is 0 Å². The van der Waals surface area contributed by atoms with Crippen LogP contribution in [0.15, 0.2) is 6.07 Å². The van der Waals surface area contributed by atoms with E-state index in [-0.39, 0.29) is 11.6 Å². The smallest absolute Gasteiger partial charge is 0.405 e. The van der Waals surface area contributed by atoms with E-state index in [1.165, 1.54) is 13.0 Å². The van der Waals surface area contributed by atoms with Crippen molar-refractivity contribution in [3.05, 3.63) is 21.0 Å². The largest absolute Gasteiger partial charge is 0.573 e. The van der Waals surface area contributed by atoms with Gasteiger partial charge in [-0.1, -0.05) is 0 Å². The Bertz CT molecular complexity index is 370. The van der Waals surface area contributed by atoms with Gasteiger partial charge in [0.1, 0.15) is 9.45 Å². The molecule has 2 nitrogen and oxygen atoms in total. The molecule has 7 heteroatoms. The van der Waals surface area contributed by atoms with Crippen LogP contribution in [0.1, 0.15) is 11.3 Å². The van der Waals surface area contributed by atoms with Crippen molar-refractivity contribution in [2.45, 2.75) is 19.2 Å². The first-order chi connectivity index (χ1) is 6.83. The number of aromatic nitrogens is 1. The minimum Gasteiger partial charge on any atom is -0.405 e. The fraction of sp³-hybridized carbons (Fsp3) is 0.375. The number of hydrogen-bond acceptors (Lipinski definition) is 2. The zero-order chi connectivity index (χ0) is 11.6. The first-order valence-corrected chi connectivity index (χ1v) is 5.42. The second-order valence-electron chi connectivity index (χ2n) is 2.70. The lowest BCUT2D eigenvalue weighted by Crippen LogP contribution is -2.18. The second-order valence-corrected chi connectivity index (χ2v) is 4.07. The highest BCUT2D eigenvalue weighted by molar-refractivity contribution is 14.1. The van der Waals surface area contributed by atoms with Gasteiger partial charge in [0.15, 0.2) is 0 Å². The maximum absolute atomic E-state index is 12.0. The van der Waals surface area contributed by atoms with Crippen LogP contribution in [0.5, 0.6) is 5.75 Å². The van der Waals surface area contributed by atoms with Gasteiger partial charge in [-0.05, 0) is 29.5 Å². The zero-order valence-electron chi connectivity index (χ0n) is 7.53. The summed E-state index contributed by atoms with van der Waals surface area (Å²) in [4.78, 5) is 3.99. The van der Waals surface area contributed by atoms with E-state index in [1.54, 1.807) is 22.6 Å². The topological polar surface area (TPSA) is 22.1 Å². The van der Waals surface area contributed by atoms with Crippen molar-refractivity contribution in [3.8, 4) is 5.75 Å². The lowest BCUT2D eigenvalue weighted by Gasteiger charge is -2.13. The molecular weight excluding hydrogens is 345 g/mol. The monoisotopic (exact) mass is 351 g/mol. The van der Waals surface area contributed by atoms with Crippen molar-refractivity contribution in [1.29, 1.82) is 0 Å². The quantitative estimate of drug-likeness (QED) is 0.461. The predicted octanol–water partition coefficient (Wildman–Crippen LogP) is 3.63. The molecule has 0 radical (unpaired) electrons. The van der Waals surface area contributed by atoms with Gasteiger partial charge in [-0.15, -0.1) is 24.8 Å². The Kier molecular flexibility index (Phi) is 4.05. The molecule has 0 aliphatic rings. The average Bonchev–Trinajstić information content (AvgIpc) is 2.08. The van der Waals surface area contributed by atoms with E-state index < -0.39 is 6.36 Å². The number of pyridine rings is 1. The molecule has 0 saturated heterocycles. The SMILES string of the molecule is Cc1c(OC(F)(F)F)cc(I)nc1CCl. The van der Waals surface area contributed by atoms with Crippen LogP contribution < -0.4 is 4.74 Å². The van der Waals surface area contributed by atoms with E-state index in [4.69, 9.17) is 11.6 Å². The molecule has 15 heavy (non-hydrogen) atoms. The van der Waals surface area contributed by atoms with Crippen molar-refractivity contribution in [2.24, 2.45) is 0 Å².